The molecule has 34 heavy (non-hydrogen) atoms. The van der Waals surface area contributed by atoms with Gasteiger partial charge in [-0.3, -0.25) is 4.79 Å². The molecule has 5 rings (SSSR count). The van der Waals surface area contributed by atoms with Crippen LogP contribution in [0.5, 0.6) is 0 Å². The Morgan fingerprint density at radius 2 is 1.74 bits per heavy atom. The summed E-state index contributed by atoms with van der Waals surface area (Å²) in [6.45, 7) is 8.50. The van der Waals surface area contributed by atoms with Gasteiger partial charge in [0.25, 0.3) is 0 Å². The second-order valence-electron chi connectivity index (χ2n) is 8.92. The molecule has 0 bridgehead atoms. The number of rotatable bonds is 5. The van der Waals surface area contributed by atoms with E-state index >= 15 is 0 Å². The van der Waals surface area contributed by atoms with Gasteiger partial charge in [0.1, 0.15) is 5.58 Å². The number of benzene rings is 3. The highest BCUT2D eigenvalue weighted by atomic mass is 16.3. The molecule has 0 radical (unpaired) electrons. The zero-order valence-corrected chi connectivity index (χ0v) is 19.8. The third-order valence-corrected chi connectivity index (χ3v) is 6.31. The van der Waals surface area contributed by atoms with Crippen molar-refractivity contribution in [3.8, 4) is 5.69 Å². The predicted octanol–water partition coefficient (Wildman–Crippen LogP) is 6.88. The Bertz CT molecular complexity index is 1540. The van der Waals surface area contributed by atoms with Gasteiger partial charge >= 0.3 is 5.91 Å². The van der Waals surface area contributed by atoms with Crippen LogP contribution in [0.3, 0.4) is 0 Å². The normalized spacial score (nSPS) is 11.8. The van der Waals surface area contributed by atoms with E-state index in [-0.39, 0.29) is 11.7 Å². The standard InChI is InChI=1S/C29H27N3O2/c1-18(2)21-9-12-24(13-10-21)32-19(3)15-23(20(32)4)17-30-31-29(33)28-16-26-25-8-6-5-7-22(25)11-14-27(26)34-28/h5-18H,1-4H3,(H,31,33)/b30-17-. The number of nitrogens with one attached hydrogen (secondary N) is 1. The van der Waals surface area contributed by atoms with Crippen LogP contribution in [0, 0.1) is 13.8 Å². The first-order chi connectivity index (χ1) is 16.4. The number of hydrazone groups is 1. The summed E-state index contributed by atoms with van der Waals surface area (Å²) in [6, 6.07) is 24.4. The van der Waals surface area contributed by atoms with Crippen molar-refractivity contribution in [3.05, 3.63) is 101 Å². The minimum atomic E-state index is -0.380. The van der Waals surface area contributed by atoms with Crippen LogP contribution in [0.2, 0.25) is 0 Å². The summed E-state index contributed by atoms with van der Waals surface area (Å²) in [4.78, 5) is 12.7. The van der Waals surface area contributed by atoms with E-state index in [1.54, 1.807) is 12.3 Å². The van der Waals surface area contributed by atoms with Crippen LogP contribution in [-0.2, 0) is 0 Å². The lowest BCUT2D eigenvalue weighted by Gasteiger charge is -2.12. The number of aromatic nitrogens is 1. The maximum absolute atomic E-state index is 12.7. The number of hydrogen-bond acceptors (Lipinski definition) is 3. The van der Waals surface area contributed by atoms with Crippen molar-refractivity contribution in [2.24, 2.45) is 5.10 Å². The van der Waals surface area contributed by atoms with Crippen molar-refractivity contribution in [3.63, 3.8) is 0 Å². The molecular formula is C29H27N3O2. The third-order valence-electron chi connectivity index (χ3n) is 6.31. The Morgan fingerprint density at radius 3 is 2.50 bits per heavy atom. The number of hydrogen-bond donors (Lipinski definition) is 1. The summed E-state index contributed by atoms with van der Waals surface area (Å²) in [6.07, 6.45) is 1.68. The third kappa shape index (κ3) is 3.90. The first-order valence-electron chi connectivity index (χ1n) is 11.5. The summed E-state index contributed by atoms with van der Waals surface area (Å²) in [5.74, 6) is 0.353. The molecule has 2 aromatic heterocycles. The van der Waals surface area contributed by atoms with Gasteiger partial charge in [0.2, 0.25) is 0 Å². The molecule has 0 aliphatic heterocycles. The van der Waals surface area contributed by atoms with E-state index in [9.17, 15) is 4.79 Å². The maximum atomic E-state index is 12.7. The largest absolute Gasteiger partial charge is 0.451 e. The quantitative estimate of drug-likeness (QED) is 0.235. The summed E-state index contributed by atoms with van der Waals surface area (Å²) in [5.41, 5.74) is 8.81. The van der Waals surface area contributed by atoms with E-state index in [1.165, 1.54) is 5.56 Å². The fraction of sp³-hybridized carbons (Fsp3) is 0.172. The first kappa shape index (κ1) is 21.7. The minimum Gasteiger partial charge on any atom is -0.451 e. The van der Waals surface area contributed by atoms with Crippen LogP contribution in [0.1, 0.15) is 52.8 Å². The molecule has 2 heterocycles. The van der Waals surface area contributed by atoms with E-state index < -0.39 is 0 Å². The van der Waals surface area contributed by atoms with Gasteiger partial charge in [-0.25, -0.2) is 5.43 Å². The molecule has 0 atom stereocenters. The van der Waals surface area contributed by atoms with Crippen molar-refractivity contribution >= 4 is 33.9 Å². The topological polar surface area (TPSA) is 59.5 Å². The second kappa shape index (κ2) is 8.67. The van der Waals surface area contributed by atoms with Crippen molar-refractivity contribution < 1.29 is 9.21 Å². The van der Waals surface area contributed by atoms with E-state index in [4.69, 9.17) is 4.42 Å². The lowest BCUT2D eigenvalue weighted by Crippen LogP contribution is -2.16. The van der Waals surface area contributed by atoms with E-state index in [0.29, 0.717) is 11.5 Å². The monoisotopic (exact) mass is 449 g/mol. The van der Waals surface area contributed by atoms with Crippen molar-refractivity contribution in [2.75, 3.05) is 0 Å². The lowest BCUT2D eigenvalue weighted by atomic mass is 10.0. The van der Waals surface area contributed by atoms with Crippen LogP contribution in [0.25, 0.3) is 27.4 Å². The maximum Gasteiger partial charge on any atom is 0.307 e. The van der Waals surface area contributed by atoms with Gasteiger partial charge in [0, 0.05) is 28.0 Å². The number of fused-ring (bicyclic) bond motifs is 3. The van der Waals surface area contributed by atoms with Gasteiger partial charge in [0.05, 0.1) is 6.21 Å². The molecular weight excluding hydrogens is 422 g/mol. The van der Waals surface area contributed by atoms with Crippen LogP contribution < -0.4 is 5.43 Å². The van der Waals surface area contributed by atoms with Crippen LogP contribution in [0.15, 0.2) is 82.3 Å². The molecule has 5 nitrogen and oxygen atoms in total. The van der Waals surface area contributed by atoms with Crippen LogP contribution >= 0.6 is 0 Å². The Balaban J connectivity index is 1.35. The van der Waals surface area contributed by atoms with Gasteiger partial charge < -0.3 is 8.98 Å². The van der Waals surface area contributed by atoms with E-state index in [1.807, 2.05) is 36.4 Å². The summed E-state index contributed by atoms with van der Waals surface area (Å²) in [5, 5.41) is 7.28. The van der Waals surface area contributed by atoms with Crippen LogP contribution in [0.4, 0.5) is 0 Å². The minimum absolute atomic E-state index is 0.235. The molecule has 0 spiro atoms. The average molecular weight is 450 g/mol. The van der Waals surface area contributed by atoms with Gasteiger partial charge in [-0.2, -0.15) is 5.10 Å². The molecule has 0 fully saturated rings. The van der Waals surface area contributed by atoms with E-state index in [2.05, 4.69) is 73.1 Å². The zero-order chi connectivity index (χ0) is 23.8. The molecule has 0 aliphatic carbocycles. The SMILES string of the molecule is Cc1cc(/C=N\NC(=O)c2cc3c(ccc4ccccc43)o2)c(C)n1-c1ccc(C(C)C)cc1. The Hall–Kier alpha value is -4.12. The molecule has 0 saturated heterocycles. The van der Waals surface area contributed by atoms with Gasteiger partial charge in [-0.15, -0.1) is 0 Å². The summed E-state index contributed by atoms with van der Waals surface area (Å²) >= 11 is 0. The zero-order valence-electron chi connectivity index (χ0n) is 19.8. The van der Waals surface area contributed by atoms with Crippen LogP contribution in [-0.4, -0.2) is 16.7 Å². The van der Waals surface area contributed by atoms with Crippen molar-refractivity contribution in [1.29, 1.82) is 0 Å². The number of furan rings is 1. The fourth-order valence-corrected chi connectivity index (χ4v) is 4.44. The highest BCUT2D eigenvalue weighted by molar-refractivity contribution is 6.08. The van der Waals surface area contributed by atoms with Crippen molar-refractivity contribution in [1.82, 2.24) is 9.99 Å². The highest BCUT2D eigenvalue weighted by Crippen LogP contribution is 2.28. The summed E-state index contributed by atoms with van der Waals surface area (Å²) in [7, 11) is 0. The second-order valence-corrected chi connectivity index (χ2v) is 8.92. The average Bonchev–Trinajstić information content (AvgIpc) is 3.40. The molecule has 5 heteroatoms. The number of carbonyl (C=O) groups excluding carboxylic acids is 1. The molecule has 0 saturated carbocycles. The van der Waals surface area contributed by atoms with Gasteiger partial charge in [-0.05, 0) is 66.4 Å². The van der Waals surface area contributed by atoms with Crippen molar-refractivity contribution in [2.45, 2.75) is 33.6 Å². The Kier molecular flexibility index (Phi) is 5.54. The molecule has 0 aliphatic rings. The predicted molar refractivity (Wildman–Crippen MR) is 138 cm³/mol. The molecule has 0 unspecified atom stereocenters. The highest BCUT2D eigenvalue weighted by Gasteiger charge is 2.14. The summed E-state index contributed by atoms with van der Waals surface area (Å²) < 4.78 is 7.97. The number of carbonyl (C=O) groups is 1. The molecule has 3 aromatic carbocycles. The number of aryl methyl sites for hydroxylation is 1. The molecule has 170 valence electrons. The van der Waals surface area contributed by atoms with Gasteiger partial charge in [-0.1, -0.05) is 56.3 Å². The number of amides is 1. The Morgan fingerprint density at radius 1 is 0.971 bits per heavy atom. The van der Waals surface area contributed by atoms with E-state index in [0.717, 1.165) is 38.8 Å². The smallest absolute Gasteiger partial charge is 0.307 e. The molecule has 1 N–H and O–H groups in total. The van der Waals surface area contributed by atoms with Gasteiger partial charge in [0.15, 0.2) is 5.76 Å². The molecule has 1 amide bonds. The number of nitrogens with zero attached hydrogens (tertiary/aromatic N) is 2. The molecule has 5 aromatic rings. The first-order valence-corrected chi connectivity index (χ1v) is 11.5. The lowest BCUT2D eigenvalue weighted by molar-refractivity contribution is 0.0929. The fourth-order valence-electron chi connectivity index (χ4n) is 4.44. The Labute approximate surface area is 198 Å².